The van der Waals surface area contributed by atoms with E-state index in [0.717, 1.165) is 69.3 Å². The highest BCUT2D eigenvalue weighted by atomic mass is 35.5. The number of nitrogens with zero attached hydrogens (tertiary/aromatic N) is 1. The van der Waals surface area contributed by atoms with Crippen molar-refractivity contribution in [3.63, 3.8) is 0 Å². The third-order valence-corrected chi connectivity index (χ3v) is 7.83. The molecule has 8 heteroatoms. The second kappa shape index (κ2) is 10.0. The highest BCUT2D eigenvalue weighted by molar-refractivity contribution is 7.98. The fraction of sp³-hybridized carbons (Fsp3) is 0.480. The average Bonchev–Trinajstić information content (AvgIpc) is 3.66. The predicted molar refractivity (Wildman–Crippen MR) is 132 cm³/mol. The summed E-state index contributed by atoms with van der Waals surface area (Å²) in [7, 11) is 0. The molecule has 1 N–H and O–H groups in total. The lowest BCUT2D eigenvalue weighted by Crippen LogP contribution is -2.40. The van der Waals surface area contributed by atoms with Crippen LogP contribution in [0.2, 0.25) is 10.0 Å². The van der Waals surface area contributed by atoms with Gasteiger partial charge in [0.05, 0.1) is 5.56 Å². The van der Waals surface area contributed by atoms with Gasteiger partial charge in [0.2, 0.25) is 0 Å². The first kappa shape index (κ1) is 23.3. The lowest BCUT2D eigenvalue weighted by atomic mass is 10.0. The van der Waals surface area contributed by atoms with Crippen LogP contribution in [-0.2, 0) is 6.54 Å². The van der Waals surface area contributed by atoms with Crippen molar-refractivity contribution in [2.24, 2.45) is 0 Å². The van der Waals surface area contributed by atoms with Crippen LogP contribution in [0, 0.1) is 5.82 Å². The Bertz CT molecular complexity index is 1030. The summed E-state index contributed by atoms with van der Waals surface area (Å²) in [5.41, 5.74) is 2.13. The van der Waals surface area contributed by atoms with Gasteiger partial charge >= 0.3 is 0 Å². The van der Waals surface area contributed by atoms with Gasteiger partial charge in [-0.25, -0.2) is 4.39 Å². The van der Waals surface area contributed by atoms with Crippen molar-refractivity contribution in [2.45, 2.75) is 62.3 Å². The van der Waals surface area contributed by atoms with Crippen LogP contribution in [0.15, 0.2) is 30.3 Å². The van der Waals surface area contributed by atoms with Gasteiger partial charge < -0.3 is 4.74 Å². The summed E-state index contributed by atoms with van der Waals surface area (Å²) in [6, 6.07) is 8.73. The molecule has 0 spiro atoms. The second-order valence-corrected chi connectivity index (χ2v) is 11.3. The Labute approximate surface area is 208 Å². The van der Waals surface area contributed by atoms with Gasteiger partial charge in [0.15, 0.2) is 0 Å². The maximum Gasteiger partial charge on any atom is 0.264 e. The number of halogens is 3. The first-order valence-electron chi connectivity index (χ1n) is 11.6. The van der Waals surface area contributed by atoms with Crippen LogP contribution < -0.4 is 9.46 Å². The molecule has 2 saturated carbocycles. The molecule has 1 aliphatic heterocycles. The van der Waals surface area contributed by atoms with E-state index in [2.05, 4.69) is 9.62 Å². The maximum absolute atomic E-state index is 14.9. The van der Waals surface area contributed by atoms with Crippen molar-refractivity contribution in [1.29, 1.82) is 0 Å². The summed E-state index contributed by atoms with van der Waals surface area (Å²) < 4.78 is 24.1. The Morgan fingerprint density at radius 1 is 1.09 bits per heavy atom. The van der Waals surface area contributed by atoms with E-state index in [-0.39, 0.29) is 17.6 Å². The SMILES string of the molecule is O=C(NSC1CC1)c1cc(C2CC2)c(O[C@@H]2CCCN(Cc3cc(Cl)cc(Cl)c3)C2)cc1F. The van der Waals surface area contributed by atoms with Gasteiger partial charge in [0, 0.05) is 34.5 Å². The van der Waals surface area contributed by atoms with Crippen molar-refractivity contribution in [3.05, 3.63) is 62.9 Å². The van der Waals surface area contributed by atoms with Crippen molar-refractivity contribution < 1.29 is 13.9 Å². The number of hydrogen-bond donors (Lipinski definition) is 1. The lowest BCUT2D eigenvalue weighted by molar-refractivity contribution is 0.0832. The molecule has 3 aliphatic rings. The van der Waals surface area contributed by atoms with Gasteiger partial charge in [-0.15, -0.1) is 0 Å². The highest BCUT2D eigenvalue weighted by Crippen LogP contribution is 2.45. The van der Waals surface area contributed by atoms with Crippen molar-refractivity contribution >= 4 is 41.1 Å². The smallest absolute Gasteiger partial charge is 0.264 e. The molecule has 2 aliphatic carbocycles. The molecule has 1 heterocycles. The minimum absolute atomic E-state index is 0.0320. The fourth-order valence-electron chi connectivity index (χ4n) is 4.33. The third-order valence-electron chi connectivity index (χ3n) is 6.29. The number of nitrogens with one attached hydrogen (secondary N) is 1. The molecule has 1 saturated heterocycles. The monoisotopic (exact) mass is 508 g/mol. The Kier molecular flexibility index (Phi) is 7.07. The summed E-state index contributed by atoms with van der Waals surface area (Å²) in [5.74, 6) is 0.0435. The van der Waals surface area contributed by atoms with E-state index in [1.807, 2.05) is 12.1 Å². The zero-order valence-corrected chi connectivity index (χ0v) is 20.6. The molecule has 0 unspecified atom stereocenters. The second-order valence-electron chi connectivity index (χ2n) is 9.29. The number of amides is 1. The standard InChI is InChI=1S/C25H27Cl2FN2O2S/c26-17-8-15(9-18(27)10-17)13-30-7-1-2-19(14-30)32-24-12-23(28)22(11-21(24)16-3-4-16)25(31)29-33-20-5-6-20/h8-12,16,19-20H,1-7,13-14H2,(H,29,31)/t19-/m1/s1. The zero-order valence-electron chi connectivity index (χ0n) is 18.3. The topological polar surface area (TPSA) is 41.6 Å². The van der Waals surface area contributed by atoms with Crippen LogP contribution in [-0.4, -0.2) is 35.3 Å². The summed E-state index contributed by atoms with van der Waals surface area (Å²) in [6.07, 6.45) is 6.19. The Morgan fingerprint density at radius 3 is 2.55 bits per heavy atom. The molecule has 1 amide bonds. The molecular formula is C25H27Cl2FN2O2S. The highest BCUT2D eigenvalue weighted by Gasteiger charge is 2.32. The molecular weight excluding hydrogens is 482 g/mol. The van der Waals surface area contributed by atoms with Crippen LogP contribution in [0.25, 0.3) is 0 Å². The summed E-state index contributed by atoms with van der Waals surface area (Å²) in [4.78, 5) is 14.8. The predicted octanol–water partition coefficient (Wildman–Crippen LogP) is 6.59. The lowest BCUT2D eigenvalue weighted by Gasteiger charge is -2.33. The molecule has 176 valence electrons. The molecule has 5 rings (SSSR count). The number of benzene rings is 2. The number of carbonyl (C=O) groups excluding carboxylic acids is 1. The van der Waals surface area contributed by atoms with Crippen molar-refractivity contribution in [3.8, 4) is 5.75 Å². The summed E-state index contributed by atoms with van der Waals surface area (Å²) >= 11 is 13.7. The van der Waals surface area contributed by atoms with Gasteiger partial charge in [-0.3, -0.25) is 14.4 Å². The molecule has 4 nitrogen and oxygen atoms in total. The number of hydrogen-bond acceptors (Lipinski definition) is 4. The zero-order chi connectivity index (χ0) is 22.9. The normalized spacial score (nSPS) is 21.1. The number of piperidine rings is 1. The molecule has 0 radical (unpaired) electrons. The van der Waals surface area contributed by atoms with Crippen molar-refractivity contribution in [1.82, 2.24) is 9.62 Å². The van der Waals surface area contributed by atoms with Crippen LogP contribution in [0.4, 0.5) is 4.39 Å². The van der Waals surface area contributed by atoms with Gasteiger partial charge in [0.1, 0.15) is 17.7 Å². The van der Waals surface area contributed by atoms with Gasteiger partial charge in [-0.2, -0.15) is 0 Å². The van der Waals surface area contributed by atoms with Crippen LogP contribution >= 0.6 is 35.1 Å². The number of ether oxygens (including phenoxy) is 1. The third kappa shape index (κ3) is 6.16. The molecule has 0 aromatic heterocycles. The first-order valence-corrected chi connectivity index (χ1v) is 13.2. The average molecular weight is 509 g/mol. The number of rotatable bonds is 8. The summed E-state index contributed by atoms with van der Waals surface area (Å²) in [5, 5.41) is 1.73. The maximum atomic E-state index is 14.9. The van der Waals surface area contributed by atoms with Crippen LogP contribution in [0.5, 0.6) is 5.75 Å². The van der Waals surface area contributed by atoms with Gasteiger partial charge in [-0.05, 0) is 98.3 Å². The molecule has 2 aromatic carbocycles. The van der Waals surface area contributed by atoms with E-state index in [0.29, 0.717) is 27.0 Å². The minimum Gasteiger partial charge on any atom is -0.489 e. The van der Waals surface area contributed by atoms with E-state index in [1.54, 1.807) is 12.1 Å². The van der Waals surface area contributed by atoms with E-state index in [9.17, 15) is 9.18 Å². The van der Waals surface area contributed by atoms with Crippen molar-refractivity contribution in [2.75, 3.05) is 13.1 Å². The largest absolute Gasteiger partial charge is 0.489 e. The van der Waals surface area contributed by atoms with E-state index < -0.39 is 5.82 Å². The molecule has 0 bridgehead atoms. The Hall–Kier alpha value is -1.47. The number of likely N-dealkylation sites (tertiary alicyclic amines) is 1. The Morgan fingerprint density at radius 2 is 1.85 bits per heavy atom. The van der Waals surface area contributed by atoms with E-state index in [1.165, 1.54) is 18.0 Å². The molecule has 33 heavy (non-hydrogen) atoms. The molecule has 3 fully saturated rings. The quantitative estimate of drug-likeness (QED) is 0.408. The fourth-order valence-corrected chi connectivity index (χ4v) is 5.66. The summed E-state index contributed by atoms with van der Waals surface area (Å²) in [6.45, 7) is 2.45. The molecule has 2 aromatic rings. The van der Waals surface area contributed by atoms with Crippen LogP contribution in [0.3, 0.4) is 0 Å². The van der Waals surface area contributed by atoms with Gasteiger partial charge in [0.25, 0.3) is 5.91 Å². The minimum atomic E-state index is -0.524. The molecule has 1 atom stereocenters. The van der Waals surface area contributed by atoms with E-state index >= 15 is 0 Å². The first-order chi connectivity index (χ1) is 15.9. The van der Waals surface area contributed by atoms with Crippen LogP contribution in [0.1, 0.15) is 65.9 Å². The Balaban J connectivity index is 1.27. The number of carbonyl (C=O) groups is 1. The van der Waals surface area contributed by atoms with Gasteiger partial charge in [-0.1, -0.05) is 23.2 Å². The van der Waals surface area contributed by atoms with E-state index in [4.69, 9.17) is 27.9 Å².